The zero-order valence-corrected chi connectivity index (χ0v) is 10.0. The summed E-state index contributed by atoms with van der Waals surface area (Å²) in [6.45, 7) is 0.110. The maximum Gasteiger partial charge on any atom is 0.0540 e. The van der Waals surface area contributed by atoms with Crippen molar-refractivity contribution < 1.29 is 5.11 Å². The maximum atomic E-state index is 8.54. The van der Waals surface area contributed by atoms with Gasteiger partial charge in [0.25, 0.3) is 0 Å². The highest BCUT2D eigenvalue weighted by Gasteiger charge is 1.95. The van der Waals surface area contributed by atoms with Gasteiger partial charge >= 0.3 is 0 Å². The molecule has 0 saturated heterocycles. The van der Waals surface area contributed by atoms with Gasteiger partial charge < -0.3 is 5.11 Å². The number of aliphatic hydroxyl groups is 1. The zero-order chi connectivity index (χ0) is 9.68. The van der Waals surface area contributed by atoms with Gasteiger partial charge in [-0.15, -0.1) is 0 Å². The number of halogens is 2. The lowest BCUT2D eigenvalue weighted by atomic mass is 10.2. The lowest BCUT2D eigenvalue weighted by Crippen LogP contribution is -1.79. The number of hydrogen-bond donors (Lipinski definition) is 1. The van der Waals surface area contributed by atoms with Gasteiger partial charge in [-0.1, -0.05) is 27.8 Å². The van der Waals surface area contributed by atoms with E-state index in [1.165, 1.54) is 0 Å². The lowest BCUT2D eigenvalue weighted by molar-refractivity contribution is 0.305. The van der Waals surface area contributed by atoms with Crippen LogP contribution in [0.25, 0.3) is 0 Å². The largest absolute Gasteiger partial charge is 0.395 e. The number of benzene rings is 1. The maximum absolute atomic E-state index is 8.54. The van der Waals surface area contributed by atoms with Crippen LogP contribution in [0.1, 0.15) is 12.0 Å². The highest BCUT2D eigenvalue weighted by atomic mass is 79.9. The normalized spacial score (nSPS) is 9.15. The van der Waals surface area contributed by atoms with Crippen molar-refractivity contribution in [3.05, 3.63) is 32.7 Å². The second-order valence-corrected chi connectivity index (χ2v) is 4.17. The molecule has 1 nitrogen and oxygen atoms in total. The molecule has 0 bridgehead atoms. The first kappa shape index (κ1) is 10.8. The fourth-order valence-corrected chi connectivity index (χ4v) is 1.51. The van der Waals surface area contributed by atoms with Gasteiger partial charge in [-0.3, -0.25) is 0 Å². The molecule has 0 fully saturated rings. The molecule has 0 unspecified atom stereocenters. The first-order valence-corrected chi connectivity index (χ1v) is 5.37. The topological polar surface area (TPSA) is 20.2 Å². The summed E-state index contributed by atoms with van der Waals surface area (Å²) >= 11 is 6.76. The summed E-state index contributed by atoms with van der Waals surface area (Å²) in [5, 5.41) is 8.54. The molecular formula is C10H8Br2O. The highest BCUT2D eigenvalue weighted by molar-refractivity contribution is 9.11. The molecule has 0 saturated carbocycles. The van der Waals surface area contributed by atoms with Crippen molar-refractivity contribution in [2.45, 2.75) is 6.42 Å². The van der Waals surface area contributed by atoms with Crippen LogP contribution >= 0.6 is 31.9 Å². The van der Waals surface area contributed by atoms with Crippen molar-refractivity contribution in [1.82, 2.24) is 0 Å². The van der Waals surface area contributed by atoms with E-state index in [4.69, 9.17) is 5.11 Å². The Bertz CT molecular complexity index is 350. The van der Waals surface area contributed by atoms with Crippen LogP contribution in [-0.2, 0) is 0 Å². The summed E-state index contributed by atoms with van der Waals surface area (Å²) in [4.78, 5) is 0. The third kappa shape index (κ3) is 3.51. The van der Waals surface area contributed by atoms with Gasteiger partial charge in [0, 0.05) is 20.9 Å². The van der Waals surface area contributed by atoms with Crippen LogP contribution in [0.5, 0.6) is 0 Å². The molecular weight excluding hydrogens is 296 g/mol. The van der Waals surface area contributed by atoms with Crippen LogP contribution in [0.2, 0.25) is 0 Å². The summed E-state index contributed by atoms with van der Waals surface area (Å²) in [5.74, 6) is 5.84. The molecule has 1 rings (SSSR count). The van der Waals surface area contributed by atoms with Crippen LogP contribution < -0.4 is 0 Å². The Hall–Kier alpha value is -0.300. The third-order valence-electron chi connectivity index (χ3n) is 1.39. The molecule has 0 amide bonds. The Balaban J connectivity index is 2.89. The smallest absolute Gasteiger partial charge is 0.0540 e. The SMILES string of the molecule is OCCC#Cc1cc(Br)ccc1Br. The van der Waals surface area contributed by atoms with Gasteiger partial charge in [-0.25, -0.2) is 0 Å². The summed E-state index contributed by atoms with van der Waals surface area (Å²) in [6.07, 6.45) is 0.513. The Morgan fingerprint density at radius 2 is 2.08 bits per heavy atom. The minimum absolute atomic E-state index is 0.110. The van der Waals surface area contributed by atoms with Crippen molar-refractivity contribution >= 4 is 31.9 Å². The second kappa shape index (κ2) is 5.43. The van der Waals surface area contributed by atoms with Crippen molar-refractivity contribution in [2.24, 2.45) is 0 Å². The van der Waals surface area contributed by atoms with Crippen LogP contribution in [0, 0.1) is 11.8 Å². The van der Waals surface area contributed by atoms with E-state index in [1.54, 1.807) is 0 Å². The molecule has 68 valence electrons. The molecule has 13 heavy (non-hydrogen) atoms. The standard InChI is InChI=1S/C10H8Br2O/c11-9-4-5-10(12)8(7-9)3-1-2-6-13/h4-5,7,13H,2,6H2. The molecule has 0 aliphatic carbocycles. The van der Waals surface area contributed by atoms with Gasteiger partial charge in [0.2, 0.25) is 0 Å². The Kier molecular flexibility index (Phi) is 4.51. The van der Waals surface area contributed by atoms with Crippen molar-refractivity contribution in [1.29, 1.82) is 0 Å². The van der Waals surface area contributed by atoms with E-state index in [-0.39, 0.29) is 6.61 Å². The highest BCUT2D eigenvalue weighted by Crippen LogP contribution is 2.20. The molecule has 3 heteroatoms. The van der Waals surface area contributed by atoms with Crippen molar-refractivity contribution in [3.63, 3.8) is 0 Å². The molecule has 0 radical (unpaired) electrons. The molecule has 0 spiro atoms. The van der Waals surface area contributed by atoms with E-state index in [0.717, 1.165) is 14.5 Å². The average Bonchev–Trinajstić information content (AvgIpc) is 2.11. The monoisotopic (exact) mass is 302 g/mol. The molecule has 0 aliphatic rings. The van der Waals surface area contributed by atoms with Crippen LogP contribution in [0.3, 0.4) is 0 Å². The first-order valence-electron chi connectivity index (χ1n) is 3.79. The molecule has 1 N–H and O–H groups in total. The fourth-order valence-electron chi connectivity index (χ4n) is 0.807. The average molecular weight is 304 g/mol. The van der Waals surface area contributed by atoms with E-state index >= 15 is 0 Å². The van der Waals surface area contributed by atoms with Crippen LogP contribution in [-0.4, -0.2) is 11.7 Å². The van der Waals surface area contributed by atoms with Gasteiger partial charge in [-0.2, -0.15) is 0 Å². The Labute approximate surface area is 94.4 Å². The van der Waals surface area contributed by atoms with Gasteiger partial charge in [0.05, 0.1) is 6.61 Å². The summed E-state index contributed by atoms with van der Waals surface area (Å²) in [7, 11) is 0. The minimum atomic E-state index is 0.110. The quantitative estimate of drug-likeness (QED) is 0.791. The molecule has 1 aromatic carbocycles. The van der Waals surface area contributed by atoms with E-state index in [2.05, 4.69) is 43.7 Å². The second-order valence-electron chi connectivity index (χ2n) is 2.40. The minimum Gasteiger partial charge on any atom is -0.395 e. The summed E-state index contributed by atoms with van der Waals surface area (Å²) in [6, 6.07) is 5.82. The van der Waals surface area contributed by atoms with Crippen molar-refractivity contribution in [3.8, 4) is 11.8 Å². The van der Waals surface area contributed by atoms with Crippen LogP contribution in [0.15, 0.2) is 27.1 Å². The zero-order valence-electron chi connectivity index (χ0n) is 6.85. The van der Waals surface area contributed by atoms with Gasteiger partial charge in [-0.05, 0) is 34.1 Å². The lowest BCUT2D eigenvalue weighted by Gasteiger charge is -1.95. The number of aliphatic hydroxyl groups excluding tert-OH is 1. The van der Waals surface area contributed by atoms with E-state index in [0.29, 0.717) is 6.42 Å². The number of hydrogen-bond acceptors (Lipinski definition) is 1. The summed E-state index contributed by atoms with van der Waals surface area (Å²) in [5.41, 5.74) is 0.933. The molecule has 1 aromatic rings. The van der Waals surface area contributed by atoms with Crippen LogP contribution in [0.4, 0.5) is 0 Å². The van der Waals surface area contributed by atoms with E-state index < -0.39 is 0 Å². The predicted octanol–water partition coefficient (Wildman–Crippen LogP) is 2.95. The first-order chi connectivity index (χ1) is 6.24. The molecule has 0 atom stereocenters. The molecule has 0 aromatic heterocycles. The van der Waals surface area contributed by atoms with Gasteiger partial charge in [0.15, 0.2) is 0 Å². The Morgan fingerprint density at radius 1 is 1.31 bits per heavy atom. The van der Waals surface area contributed by atoms with E-state index in [9.17, 15) is 0 Å². The predicted molar refractivity (Wildman–Crippen MR) is 60.4 cm³/mol. The summed E-state index contributed by atoms with van der Waals surface area (Å²) < 4.78 is 1.98. The van der Waals surface area contributed by atoms with Crippen molar-refractivity contribution in [2.75, 3.05) is 6.61 Å². The number of rotatable bonds is 1. The Morgan fingerprint density at radius 3 is 2.77 bits per heavy atom. The molecule has 0 heterocycles. The molecule has 0 aliphatic heterocycles. The van der Waals surface area contributed by atoms with Gasteiger partial charge in [0.1, 0.15) is 0 Å². The van der Waals surface area contributed by atoms with E-state index in [1.807, 2.05) is 18.2 Å². The third-order valence-corrected chi connectivity index (χ3v) is 2.57. The fraction of sp³-hybridized carbons (Fsp3) is 0.200.